The van der Waals surface area contributed by atoms with Gasteiger partial charge >= 0.3 is 0 Å². The number of ether oxygens (including phenoxy) is 1. The lowest BCUT2D eigenvalue weighted by atomic mass is 10.1. The maximum Gasteiger partial charge on any atom is 0.215 e. The fourth-order valence-electron chi connectivity index (χ4n) is 1.77. The maximum atomic E-state index is 9.50. The Hall–Kier alpha value is -2.27. The molecular weight excluding hydrogens is 242 g/mol. The number of nitrogens with one attached hydrogen (secondary N) is 1. The minimum absolute atomic E-state index is 0.0532. The summed E-state index contributed by atoms with van der Waals surface area (Å²) in [6.45, 7) is -0.0532. The summed E-state index contributed by atoms with van der Waals surface area (Å²) in [5, 5.41) is 12.6. The van der Waals surface area contributed by atoms with Crippen LogP contribution in [0.3, 0.4) is 0 Å². The Morgan fingerprint density at radius 2 is 2.00 bits per heavy atom. The van der Waals surface area contributed by atoms with Crippen LogP contribution >= 0.6 is 0 Å². The average Bonchev–Trinajstić information content (AvgIpc) is 2.47. The molecule has 1 atom stereocenters. The van der Waals surface area contributed by atoms with Crippen LogP contribution in [0.2, 0.25) is 0 Å². The number of aliphatic hydroxyl groups is 1. The molecule has 4 N–H and O–H groups in total. The second-order valence-corrected chi connectivity index (χ2v) is 4.08. The standard InChI is InChI=1S/C14H17N3O2/c1-19-13-8-7-11(15)14(17-13)16-12(9-18)10-5-3-2-4-6-10/h2-8,12,18H,9,15H2,1H3,(H,16,17). The summed E-state index contributed by atoms with van der Waals surface area (Å²) in [6, 6.07) is 12.8. The lowest BCUT2D eigenvalue weighted by molar-refractivity contribution is 0.276. The van der Waals surface area contributed by atoms with E-state index < -0.39 is 0 Å². The Labute approximate surface area is 112 Å². The Morgan fingerprint density at radius 3 is 2.63 bits per heavy atom. The molecule has 100 valence electrons. The van der Waals surface area contributed by atoms with Gasteiger partial charge in [-0.05, 0) is 11.6 Å². The molecule has 0 radical (unpaired) electrons. The summed E-state index contributed by atoms with van der Waals surface area (Å²) in [6.07, 6.45) is 0. The van der Waals surface area contributed by atoms with E-state index in [2.05, 4.69) is 10.3 Å². The van der Waals surface area contributed by atoms with Gasteiger partial charge in [-0.25, -0.2) is 0 Å². The number of anilines is 2. The first-order valence-electron chi connectivity index (χ1n) is 5.97. The molecule has 1 heterocycles. The van der Waals surface area contributed by atoms with Gasteiger partial charge in [0.1, 0.15) is 0 Å². The second-order valence-electron chi connectivity index (χ2n) is 4.08. The summed E-state index contributed by atoms with van der Waals surface area (Å²) in [7, 11) is 1.54. The number of nitrogens with two attached hydrogens (primary N) is 1. The molecule has 5 heteroatoms. The molecule has 2 rings (SSSR count). The third-order valence-electron chi connectivity index (χ3n) is 2.81. The number of hydrogen-bond donors (Lipinski definition) is 3. The van der Waals surface area contributed by atoms with Crippen LogP contribution in [0.5, 0.6) is 5.88 Å². The number of nitrogen functional groups attached to an aromatic ring is 1. The SMILES string of the molecule is COc1ccc(N)c(NC(CO)c2ccccc2)n1. The number of aliphatic hydroxyl groups excluding tert-OH is 1. The lowest BCUT2D eigenvalue weighted by Gasteiger charge is -2.18. The van der Waals surface area contributed by atoms with Crippen LogP contribution < -0.4 is 15.8 Å². The summed E-state index contributed by atoms with van der Waals surface area (Å²) < 4.78 is 5.06. The Bertz CT molecular complexity index is 531. The predicted molar refractivity (Wildman–Crippen MR) is 75.1 cm³/mol. The third kappa shape index (κ3) is 3.14. The minimum atomic E-state index is -0.261. The van der Waals surface area contributed by atoms with E-state index in [4.69, 9.17) is 10.5 Å². The van der Waals surface area contributed by atoms with E-state index in [0.29, 0.717) is 17.4 Å². The zero-order valence-electron chi connectivity index (χ0n) is 10.7. The van der Waals surface area contributed by atoms with E-state index in [0.717, 1.165) is 5.56 Å². The fourth-order valence-corrected chi connectivity index (χ4v) is 1.77. The van der Waals surface area contributed by atoms with Gasteiger partial charge in [0.2, 0.25) is 5.88 Å². The van der Waals surface area contributed by atoms with Crippen molar-refractivity contribution >= 4 is 11.5 Å². The Balaban J connectivity index is 2.23. The van der Waals surface area contributed by atoms with Gasteiger partial charge in [-0.2, -0.15) is 4.98 Å². The molecule has 0 fully saturated rings. The highest BCUT2D eigenvalue weighted by atomic mass is 16.5. The number of rotatable bonds is 5. The van der Waals surface area contributed by atoms with Gasteiger partial charge in [0.15, 0.2) is 5.82 Å². The molecule has 0 aliphatic rings. The van der Waals surface area contributed by atoms with Crippen LogP contribution in [0.15, 0.2) is 42.5 Å². The van der Waals surface area contributed by atoms with Crippen LogP contribution in [0, 0.1) is 0 Å². The Morgan fingerprint density at radius 1 is 1.26 bits per heavy atom. The molecule has 1 aromatic carbocycles. The van der Waals surface area contributed by atoms with Crippen LogP contribution in [-0.2, 0) is 0 Å². The highest BCUT2D eigenvalue weighted by molar-refractivity contribution is 5.62. The maximum absolute atomic E-state index is 9.50. The van der Waals surface area contributed by atoms with Crippen molar-refractivity contribution in [1.82, 2.24) is 4.98 Å². The van der Waals surface area contributed by atoms with E-state index in [-0.39, 0.29) is 12.6 Å². The van der Waals surface area contributed by atoms with Crippen molar-refractivity contribution in [2.45, 2.75) is 6.04 Å². The largest absolute Gasteiger partial charge is 0.481 e. The van der Waals surface area contributed by atoms with Crippen molar-refractivity contribution in [1.29, 1.82) is 0 Å². The first-order chi connectivity index (χ1) is 9.24. The van der Waals surface area contributed by atoms with E-state index in [1.54, 1.807) is 19.2 Å². The fraction of sp³-hybridized carbons (Fsp3) is 0.214. The molecule has 0 saturated carbocycles. The van der Waals surface area contributed by atoms with Crippen molar-refractivity contribution in [3.63, 3.8) is 0 Å². The number of aromatic nitrogens is 1. The lowest BCUT2D eigenvalue weighted by Crippen LogP contribution is -2.16. The molecular formula is C14H17N3O2. The van der Waals surface area contributed by atoms with E-state index in [1.165, 1.54) is 0 Å². The van der Waals surface area contributed by atoms with Gasteiger partial charge in [-0.15, -0.1) is 0 Å². The normalized spacial score (nSPS) is 11.9. The van der Waals surface area contributed by atoms with E-state index in [9.17, 15) is 5.11 Å². The molecule has 0 aliphatic heterocycles. The summed E-state index contributed by atoms with van der Waals surface area (Å²) in [5.41, 5.74) is 7.34. The highest BCUT2D eigenvalue weighted by Gasteiger charge is 2.12. The number of pyridine rings is 1. The van der Waals surface area contributed by atoms with Crippen molar-refractivity contribution in [3.05, 3.63) is 48.0 Å². The number of hydrogen-bond acceptors (Lipinski definition) is 5. The third-order valence-corrected chi connectivity index (χ3v) is 2.81. The number of methoxy groups -OCH3 is 1. The van der Waals surface area contributed by atoms with Crippen molar-refractivity contribution in [3.8, 4) is 5.88 Å². The Kier molecular flexibility index (Phi) is 4.20. The van der Waals surface area contributed by atoms with Crippen LogP contribution in [0.4, 0.5) is 11.5 Å². The summed E-state index contributed by atoms with van der Waals surface area (Å²) in [4.78, 5) is 4.23. The molecule has 1 unspecified atom stereocenters. The second kappa shape index (κ2) is 6.06. The topological polar surface area (TPSA) is 80.4 Å². The van der Waals surface area contributed by atoms with Crippen LogP contribution in [0.1, 0.15) is 11.6 Å². The first-order valence-corrected chi connectivity index (χ1v) is 5.97. The summed E-state index contributed by atoms with van der Waals surface area (Å²) in [5.74, 6) is 0.976. The molecule has 1 aromatic heterocycles. The quantitative estimate of drug-likeness (QED) is 0.763. The van der Waals surface area contributed by atoms with Crippen LogP contribution in [-0.4, -0.2) is 23.8 Å². The molecule has 5 nitrogen and oxygen atoms in total. The van der Waals surface area contributed by atoms with E-state index >= 15 is 0 Å². The van der Waals surface area contributed by atoms with Crippen molar-refractivity contribution in [2.75, 3.05) is 24.8 Å². The van der Waals surface area contributed by atoms with E-state index in [1.807, 2.05) is 30.3 Å². The molecule has 0 bridgehead atoms. The zero-order chi connectivity index (χ0) is 13.7. The van der Waals surface area contributed by atoms with Crippen molar-refractivity contribution in [2.24, 2.45) is 0 Å². The monoisotopic (exact) mass is 259 g/mol. The smallest absolute Gasteiger partial charge is 0.215 e. The van der Waals surface area contributed by atoms with Crippen LogP contribution in [0.25, 0.3) is 0 Å². The predicted octanol–water partition coefficient (Wildman–Crippen LogP) is 1.82. The molecule has 0 spiro atoms. The van der Waals surface area contributed by atoms with Gasteiger partial charge in [0, 0.05) is 6.07 Å². The van der Waals surface area contributed by atoms with Gasteiger partial charge in [0.25, 0.3) is 0 Å². The zero-order valence-corrected chi connectivity index (χ0v) is 10.7. The summed E-state index contributed by atoms with van der Waals surface area (Å²) >= 11 is 0. The highest BCUT2D eigenvalue weighted by Crippen LogP contribution is 2.24. The number of nitrogens with zero attached hydrogens (tertiary/aromatic N) is 1. The molecule has 0 saturated heterocycles. The van der Waals surface area contributed by atoms with Gasteiger partial charge < -0.3 is 20.9 Å². The molecule has 19 heavy (non-hydrogen) atoms. The number of benzene rings is 1. The molecule has 0 amide bonds. The van der Waals surface area contributed by atoms with Gasteiger partial charge in [-0.1, -0.05) is 30.3 Å². The molecule has 0 aliphatic carbocycles. The first kappa shape index (κ1) is 13.2. The van der Waals surface area contributed by atoms with Gasteiger partial charge in [-0.3, -0.25) is 0 Å². The average molecular weight is 259 g/mol. The van der Waals surface area contributed by atoms with Gasteiger partial charge in [0.05, 0.1) is 25.4 Å². The molecule has 2 aromatic rings. The van der Waals surface area contributed by atoms with Crippen molar-refractivity contribution < 1.29 is 9.84 Å². The minimum Gasteiger partial charge on any atom is -0.481 e.